The molecule has 0 aliphatic carbocycles. The van der Waals surface area contributed by atoms with Crippen LogP contribution in [-0.2, 0) is 16.0 Å². The van der Waals surface area contributed by atoms with Gasteiger partial charge in [0.25, 0.3) is 0 Å². The van der Waals surface area contributed by atoms with Gasteiger partial charge in [0.05, 0.1) is 12.6 Å². The molecule has 0 unspecified atom stereocenters. The number of hydrazone groups is 1. The number of hydrogen-bond acceptors (Lipinski definition) is 6. The first kappa shape index (κ1) is 17.2. The van der Waals surface area contributed by atoms with Crippen molar-refractivity contribution >= 4 is 50.4 Å². The first-order valence-electron chi connectivity index (χ1n) is 6.76. The van der Waals surface area contributed by atoms with E-state index in [1.807, 2.05) is 24.3 Å². The Kier molecular flexibility index (Phi) is 6.36. The Bertz CT molecular complexity index is 714. The Labute approximate surface area is 145 Å². The number of carbonyl (C=O) groups is 2. The third-order valence-electron chi connectivity index (χ3n) is 2.62. The zero-order valence-electron chi connectivity index (χ0n) is 12.2. The van der Waals surface area contributed by atoms with Crippen LogP contribution in [0, 0.1) is 0 Å². The highest BCUT2D eigenvalue weighted by atomic mass is 79.9. The Morgan fingerprint density at radius 3 is 2.70 bits per heavy atom. The number of amides is 2. The number of anilines is 1. The zero-order chi connectivity index (χ0) is 16.7. The van der Waals surface area contributed by atoms with Gasteiger partial charge in [-0.25, -0.2) is 5.43 Å². The molecule has 0 aliphatic rings. The number of benzene rings is 1. The van der Waals surface area contributed by atoms with Gasteiger partial charge in [-0.05, 0) is 17.7 Å². The van der Waals surface area contributed by atoms with Crippen molar-refractivity contribution in [3.8, 4) is 0 Å². The maximum absolute atomic E-state index is 11.8. The van der Waals surface area contributed by atoms with Gasteiger partial charge in [0, 0.05) is 10.9 Å². The van der Waals surface area contributed by atoms with Crippen LogP contribution >= 0.6 is 27.3 Å². The fraction of sp³-hybridized carbons (Fsp3) is 0.214. The van der Waals surface area contributed by atoms with Crippen molar-refractivity contribution in [2.45, 2.75) is 19.8 Å². The van der Waals surface area contributed by atoms with Crippen LogP contribution in [0.25, 0.3) is 0 Å². The van der Waals surface area contributed by atoms with Gasteiger partial charge in [-0.15, -0.1) is 10.2 Å². The first-order valence-corrected chi connectivity index (χ1v) is 8.37. The maximum atomic E-state index is 11.8. The fourth-order valence-corrected chi connectivity index (χ4v) is 2.51. The van der Waals surface area contributed by atoms with Gasteiger partial charge in [0.1, 0.15) is 5.01 Å². The maximum Gasteiger partial charge on any atom is 0.247 e. The molecule has 23 heavy (non-hydrogen) atoms. The van der Waals surface area contributed by atoms with Crippen molar-refractivity contribution in [1.29, 1.82) is 0 Å². The van der Waals surface area contributed by atoms with Gasteiger partial charge in [0.2, 0.25) is 16.9 Å². The van der Waals surface area contributed by atoms with E-state index in [0.717, 1.165) is 21.4 Å². The lowest BCUT2D eigenvalue weighted by Crippen LogP contribution is -2.19. The van der Waals surface area contributed by atoms with Gasteiger partial charge >= 0.3 is 0 Å². The summed E-state index contributed by atoms with van der Waals surface area (Å²) in [5.74, 6) is -0.445. The molecular formula is C14H14BrN5O2S. The average Bonchev–Trinajstić information content (AvgIpc) is 2.96. The number of carbonyl (C=O) groups excluding carboxylic acids is 2. The van der Waals surface area contributed by atoms with E-state index in [2.05, 4.69) is 42.0 Å². The van der Waals surface area contributed by atoms with Crippen molar-refractivity contribution in [2.75, 3.05) is 5.32 Å². The number of nitrogens with one attached hydrogen (secondary N) is 2. The molecule has 1 aromatic heterocycles. The first-order chi connectivity index (χ1) is 11.1. The van der Waals surface area contributed by atoms with Gasteiger partial charge in [-0.1, -0.05) is 46.3 Å². The van der Waals surface area contributed by atoms with E-state index in [1.54, 1.807) is 13.1 Å². The molecule has 0 aliphatic heterocycles. The standard InChI is InChI=1S/C14H14BrN5O2S/c1-2-11(21)17-14-20-19-13(23-14)7-12(22)18-16-8-9-3-5-10(15)6-4-9/h3-6,8H,2,7H2,1H3,(H,18,22)(H,17,20,21)/b16-8+. The highest BCUT2D eigenvalue weighted by Gasteiger charge is 2.10. The van der Waals surface area contributed by atoms with Gasteiger partial charge in [0.15, 0.2) is 0 Å². The summed E-state index contributed by atoms with van der Waals surface area (Å²) in [5, 5.41) is 15.0. The van der Waals surface area contributed by atoms with Crippen LogP contribution in [0.15, 0.2) is 33.8 Å². The number of rotatable bonds is 6. The second kappa shape index (κ2) is 8.49. The molecule has 7 nitrogen and oxygen atoms in total. The molecule has 0 saturated heterocycles. The largest absolute Gasteiger partial charge is 0.301 e. The Balaban J connectivity index is 1.82. The Hall–Kier alpha value is -2.13. The predicted octanol–water partition coefficient (Wildman–Crippen LogP) is 2.34. The lowest BCUT2D eigenvalue weighted by atomic mass is 10.2. The molecule has 0 fully saturated rings. The topological polar surface area (TPSA) is 96.3 Å². The number of nitrogens with zero attached hydrogens (tertiary/aromatic N) is 3. The average molecular weight is 396 g/mol. The van der Waals surface area contributed by atoms with Crippen molar-refractivity contribution in [3.63, 3.8) is 0 Å². The van der Waals surface area contributed by atoms with Crippen LogP contribution in [0.4, 0.5) is 5.13 Å². The molecule has 2 rings (SSSR count). The fourth-order valence-electron chi connectivity index (χ4n) is 1.49. The molecule has 120 valence electrons. The molecule has 0 atom stereocenters. The van der Waals surface area contributed by atoms with Gasteiger partial charge in [-0.2, -0.15) is 5.10 Å². The second-order valence-corrected chi connectivity index (χ2v) is 6.40. The molecular weight excluding hydrogens is 382 g/mol. The van der Waals surface area contributed by atoms with E-state index in [0.29, 0.717) is 16.6 Å². The van der Waals surface area contributed by atoms with Crippen LogP contribution in [0.5, 0.6) is 0 Å². The third kappa shape index (κ3) is 5.87. The second-order valence-electron chi connectivity index (χ2n) is 4.42. The van der Waals surface area contributed by atoms with Crippen molar-refractivity contribution in [1.82, 2.24) is 15.6 Å². The molecule has 0 radical (unpaired) electrons. The smallest absolute Gasteiger partial charge is 0.247 e. The molecule has 0 saturated carbocycles. The molecule has 1 aromatic carbocycles. The summed E-state index contributed by atoms with van der Waals surface area (Å²) in [7, 11) is 0. The summed E-state index contributed by atoms with van der Waals surface area (Å²) in [6.45, 7) is 1.74. The van der Waals surface area contributed by atoms with E-state index in [4.69, 9.17) is 0 Å². The Morgan fingerprint density at radius 1 is 1.26 bits per heavy atom. The molecule has 0 spiro atoms. The van der Waals surface area contributed by atoms with Gasteiger partial charge in [-0.3, -0.25) is 9.59 Å². The van der Waals surface area contributed by atoms with Crippen LogP contribution in [0.1, 0.15) is 23.9 Å². The molecule has 0 bridgehead atoms. The monoisotopic (exact) mass is 395 g/mol. The highest BCUT2D eigenvalue weighted by Crippen LogP contribution is 2.15. The summed E-state index contributed by atoms with van der Waals surface area (Å²) < 4.78 is 0.973. The van der Waals surface area contributed by atoms with Crippen molar-refractivity contribution in [3.05, 3.63) is 39.3 Å². The van der Waals surface area contributed by atoms with Crippen molar-refractivity contribution in [2.24, 2.45) is 5.10 Å². The molecule has 1 heterocycles. The van der Waals surface area contributed by atoms with Crippen LogP contribution in [0.3, 0.4) is 0 Å². The minimum Gasteiger partial charge on any atom is -0.301 e. The number of hydrogen-bond donors (Lipinski definition) is 2. The minimum atomic E-state index is -0.303. The quantitative estimate of drug-likeness (QED) is 0.579. The van der Waals surface area contributed by atoms with Crippen LogP contribution < -0.4 is 10.7 Å². The zero-order valence-corrected chi connectivity index (χ0v) is 14.6. The number of aromatic nitrogens is 2. The van der Waals surface area contributed by atoms with E-state index in [-0.39, 0.29) is 18.2 Å². The summed E-state index contributed by atoms with van der Waals surface area (Å²) in [6, 6.07) is 7.51. The Morgan fingerprint density at radius 2 is 2.00 bits per heavy atom. The summed E-state index contributed by atoms with van der Waals surface area (Å²) in [5.41, 5.74) is 3.30. The van der Waals surface area contributed by atoms with Crippen molar-refractivity contribution < 1.29 is 9.59 Å². The molecule has 2 N–H and O–H groups in total. The summed E-state index contributed by atoms with van der Waals surface area (Å²) in [6.07, 6.45) is 1.97. The minimum absolute atomic E-state index is 0.0529. The normalized spacial score (nSPS) is 10.7. The SMILES string of the molecule is CCC(=O)Nc1nnc(CC(=O)N/N=C/c2ccc(Br)cc2)s1. The molecule has 9 heteroatoms. The van der Waals surface area contributed by atoms with E-state index < -0.39 is 0 Å². The van der Waals surface area contributed by atoms with E-state index in [1.165, 1.54) is 0 Å². The van der Waals surface area contributed by atoms with Crippen LogP contribution in [-0.4, -0.2) is 28.2 Å². The van der Waals surface area contributed by atoms with E-state index in [9.17, 15) is 9.59 Å². The summed E-state index contributed by atoms with van der Waals surface area (Å²) in [4.78, 5) is 23.0. The lowest BCUT2D eigenvalue weighted by Gasteiger charge is -1.97. The third-order valence-corrected chi connectivity index (χ3v) is 3.99. The molecule has 2 amide bonds. The number of halogens is 1. The molecule has 2 aromatic rings. The lowest BCUT2D eigenvalue weighted by molar-refractivity contribution is -0.120. The summed E-state index contributed by atoms with van der Waals surface area (Å²) >= 11 is 4.51. The van der Waals surface area contributed by atoms with E-state index >= 15 is 0 Å². The van der Waals surface area contributed by atoms with Gasteiger partial charge < -0.3 is 5.32 Å². The van der Waals surface area contributed by atoms with Crippen LogP contribution in [0.2, 0.25) is 0 Å². The predicted molar refractivity (Wildman–Crippen MR) is 92.4 cm³/mol. The highest BCUT2D eigenvalue weighted by molar-refractivity contribution is 9.10.